The molecule has 0 bridgehead atoms. The lowest BCUT2D eigenvalue weighted by atomic mass is 9.87. The summed E-state index contributed by atoms with van der Waals surface area (Å²) in [6.45, 7) is 8.62. The molecule has 0 spiro atoms. The second kappa shape index (κ2) is 12.7. The number of benzene rings is 2. The third-order valence-electron chi connectivity index (χ3n) is 5.96. The molecular weight excluding hydrogens is 540 g/mol. The zero-order chi connectivity index (χ0) is 28.9. The molecule has 1 aliphatic heterocycles. The molecule has 2 aromatic carbocycles. The first kappa shape index (κ1) is 30.3. The normalized spacial score (nSPS) is 18.5. The molecule has 0 aromatic heterocycles. The van der Waals surface area contributed by atoms with Gasteiger partial charge >= 0.3 is 0 Å². The number of carbonyl (C=O) groups excluding carboxylic acids is 2. The highest BCUT2D eigenvalue weighted by Gasteiger charge is 2.54. The number of carbonyl (C=O) groups is 2. The molecule has 1 amide bonds. The predicted octanol–water partition coefficient (Wildman–Crippen LogP) is 5.26. The Hall–Kier alpha value is -3.28. The molecule has 1 heterocycles. The SMILES string of the molecule is CCS[C@@H]1[C@@H]([C@@H](C)O)C(=O)N1C(C(=S)OCc1ccc([N+](=O)[O-])cc1)=C(Oc1ccccc1)C(=O)C(C)(C)C. The van der Waals surface area contributed by atoms with Crippen molar-refractivity contribution in [1.82, 2.24) is 4.90 Å². The van der Waals surface area contributed by atoms with Crippen LogP contribution in [0.15, 0.2) is 66.1 Å². The quantitative estimate of drug-likeness (QED) is 0.0960. The Morgan fingerprint density at radius 2 is 1.79 bits per heavy atom. The van der Waals surface area contributed by atoms with Crippen LogP contribution in [0.25, 0.3) is 0 Å². The number of amides is 1. The lowest BCUT2D eigenvalue weighted by Crippen LogP contribution is -2.63. The van der Waals surface area contributed by atoms with Crippen LogP contribution in [0.3, 0.4) is 0 Å². The first-order chi connectivity index (χ1) is 18.4. The second-order valence-electron chi connectivity index (χ2n) is 9.99. The fraction of sp³-hybridized carbons (Fsp3) is 0.393. The molecule has 1 fully saturated rings. The molecule has 2 aromatic rings. The van der Waals surface area contributed by atoms with Crippen molar-refractivity contribution < 1.29 is 29.1 Å². The van der Waals surface area contributed by atoms with Crippen LogP contribution >= 0.6 is 24.0 Å². The molecule has 0 radical (unpaired) electrons. The Kier molecular flexibility index (Phi) is 9.87. The number of ether oxygens (including phenoxy) is 2. The number of non-ortho nitro benzene ring substituents is 1. The Labute approximate surface area is 237 Å². The third kappa shape index (κ3) is 7.03. The maximum absolute atomic E-state index is 13.8. The number of para-hydroxylation sites is 1. The number of thioether (sulfide) groups is 1. The standard InChI is InChI=1S/C28H32N2O7S2/c1-6-39-26-21(17(2)31)25(33)29(26)22(27(38)36-16-18-12-14-19(15-13-18)30(34)35)23(24(32)28(3,4)5)37-20-10-8-7-9-11-20/h7-15,17,21,26,31H,6,16H2,1-5H3/t17-,21+,26-/m1/s1. The molecule has 9 nitrogen and oxygen atoms in total. The van der Waals surface area contributed by atoms with Gasteiger partial charge in [0.2, 0.25) is 16.7 Å². The fourth-order valence-electron chi connectivity index (χ4n) is 3.90. The number of nitro benzene ring substituents is 1. The maximum Gasteiger partial charge on any atom is 0.269 e. The fourth-order valence-corrected chi connectivity index (χ4v) is 5.40. The first-order valence-corrected chi connectivity index (χ1v) is 13.9. The predicted molar refractivity (Wildman–Crippen MR) is 153 cm³/mol. The molecule has 1 aliphatic rings. The van der Waals surface area contributed by atoms with E-state index < -0.39 is 39.4 Å². The van der Waals surface area contributed by atoms with Crippen LogP contribution < -0.4 is 4.74 Å². The number of ketones is 1. The number of β-lactam (4-membered cyclic amide) rings is 1. The number of aliphatic hydroxyl groups excluding tert-OH is 1. The molecule has 3 rings (SSSR count). The van der Waals surface area contributed by atoms with E-state index in [1.165, 1.54) is 28.8 Å². The number of hydrogen-bond donors (Lipinski definition) is 1. The summed E-state index contributed by atoms with van der Waals surface area (Å²) in [6.07, 6.45) is -0.912. The van der Waals surface area contributed by atoms with E-state index in [-0.39, 0.29) is 28.8 Å². The minimum absolute atomic E-state index is 0.0172. The Morgan fingerprint density at radius 3 is 2.31 bits per heavy atom. The van der Waals surface area contributed by atoms with Crippen LogP contribution in [-0.2, 0) is 20.9 Å². The van der Waals surface area contributed by atoms with Gasteiger partial charge in [0.25, 0.3) is 5.69 Å². The minimum Gasteiger partial charge on any atom is -0.477 e. The van der Waals surface area contributed by atoms with Gasteiger partial charge in [-0.3, -0.25) is 24.6 Å². The Bertz CT molecular complexity index is 1250. The van der Waals surface area contributed by atoms with E-state index in [2.05, 4.69) is 0 Å². The van der Waals surface area contributed by atoms with Gasteiger partial charge in [-0.2, -0.15) is 0 Å². The number of allylic oxidation sites excluding steroid dienone is 1. The number of likely N-dealkylation sites (tertiary alicyclic amines) is 1. The van der Waals surface area contributed by atoms with E-state index >= 15 is 0 Å². The number of hydrogen-bond acceptors (Lipinski definition) is 9. The van der Waals surface area contributed by atoms with Crippen molar-refractivity contribution in [2.75, 3.05) is 5.75 Å². The van der Waals surface area contributed by atoms with Crippen molar-refractivity contribution in [2.45, 2.75) is 52.7 Å². The molecule has 3 atom stereocenters. The smallest absolute Gasteiger partial charge is 0.269 e. The summed E-state index contributed by atoms with van der Waals surface area (Å²) < 4.78 is 12.0. The maximum atomic E-state index is 13.8. The van der Waals surface area contributed by atoms with Crippen LogP contribution in [0.5, 0.6) is 5.75 Å². The van der Waals surface area contributed by atoms with E-state index in [1.54, 1.807) is 70.2 Å². The van der Waals surface area contributed by atoms with Gasteiger partial charge in [-0.05, 0) is 54.7 Å². The van der Waals surface area contributed by atoms with Gasteiger partial charge in [0.05, 0.1) is 22.3 Å². The van der Waals surface area contributed by atoms with E-state index in [1.807, 2.05) is 6.92 Å². The van der Waals surface area contributed by atoms with Crippen molar-refractivity contribution in [3.05, 3.63) is 81.7 Å². The lowest BCUT2D eigenvalue weighted by molar-refractivity contribution is -0.384. The largest absolute Gasteiger partial charge is 0.477 e. The zero-order valence-electron chi connectivity index (χ0n) is 22.5. The minimum atomic E-state index is -0.912. The van der Waals surface area contributed by atoms with E-state index in [0.717, 1.165) is 0 Å². The topological polar surface area (TPSA) is 119 Å². The summed E-state index contributed by atoms with van der Waals surface area (Å²) in [5, 5.41) is 20.7. The Balaban J connectivity index is 2.10. The van der Waals surface area contributed by atoms with Crippen molar-refractivity contribution in [1.29, 1.82) is 0 Å². The number of thiocarbonyl (C=S) groups is 1. The van der Waals surface area contributed by atoms with Crippen LogP contribution in [0.4, 0.5) is 5.69 Å². The van der Waals surface area contributed by atoms with E-state index in [9.17, 15) is 24.8 Å². The van der Waals surface area contributed by atoms with Crippen LogP contribution in [0.1, 0.15) is 40.2 Å². The van der Waals surface area contributed by atoms with Gasteiger partial charge in [0.1, 0.15) is 18.1 Å². The monoisotopic (exact) mass is 572 g/mol. The van der Waals surface area contributed by atoms with E-state index in [4.69, 9.17) is 21.7 Å². The van der Waals surface area contributed by atoms with Crippen LogP contribution in [0, 0.1) is 21.4 Å². The van der Waals surface area contributed by atoms with Crippen LogP contribution in [0.2, 0.25) is 0 Å². The molecule has 0 aliphatic carbocycles. The van der Waals surface area contributed by atoms with Gasteiger partial charge < -0.3 is 14.6 Å². The van der Waals surface area contributed by atoms with Crippen molar-refractivity contribution in [3.8, 4) is 5.75 Å². The number of rotatable bonds is 11. The molecule has 39 heavy (non-hydrogen) atoms. The van der Waals surface area contributed by atoms with Gasteiger partial charge in [0.15, 0.2) is 5.76 Å². The number of aliphatic hydroxyl groups is 1. The summed E-state index contributed by atoms with van der Waals surface area (Å²) in [6, 6.07) is 14.5. The summed E-state index contributed by atoms with van der Waals surface area (Å²) >= 11 is 7.10. The molecule has 0 unspecified atom stereocenters. The number of Topliss-reactive ketones (excluding diaryl/α,β-unsaturated/α-hetero) is 1. The number of nitrogens with zero attached hydrogens (tertiary/aromatic N) is 2. The second-order valence-corrected chi connectivity index (χ2v) is 11.8. The molecule has 208 valence electrons. The highest BCUT2D eigenvalue weighted by Crippen LogP contribution is 2.42. The number of nitro groups is 1. The molecule has 1 saturated heterocycles. The molecule has 11 heteroatoms. The van der Waals surface area contributed by atoms with Crippen molar-refractivity contribution >= 4 is 46.4 Å². The molecule has 0 saturated carbocycles. The average Bonchev–Trinajstić information content (AvgIpc) is 2.88. The van der Waals surface area contributed by atoms with Crippen LogP contribution in [-0.4, -0.2) is 48.9 Å². The van der Waals surface area contributed by atoms with Crippen molar-refractivity contribution in [3.63, 3.8) is 0 Å². The van der Waals surface area contributed by atoms with Gasteiger partial charge in [-0.1, -0.05) is 45.9 Å². The zero-order valence-corrected chi connectivity index (χ0v) is 24.1. The molecular formula is C28H32N2O7S2. The van der Waals surface area contributed by atoms with Gasteiger partial charge in [-0.15, -0.1) is 11.8 Å². The molecule has 1 N–H and O–H groups in total. The first-order valence-electron chi connectivity index (χ1n) is 12.4. The highest BCUT2D eigenvalue weighted by atomic mass is 32.2. The summed E-state index contributed by atoms with van der Waals surface area (Å²) in [5.41, 5.74) is -0.338. The van der Waals surface area contributed by atoms with E-state index in [0.29, 0.717) is 17.1 Å². The summed E-state index contributed by atoms with van der Waals surface area (Å²) in [7, 11) is 0. The highest BCUT2D eigenvalue weighted by molar-refractivity contribution is 8.00. The van der Waals surface area contributed by atoms with Gasteiger partial charge in [0, 0.05) is 17.5 Å². The lowest BCUT2D eigenvalue weighted by Gasteiger charge is -2.48. The van der Waals surface area contributed by atoms with Crippen molar-refractivity contribution in [2.24, 2.45) is 11.3 Å². The third-order valence-corrected chi connectivity index (χ3v) is 7.45. The Morgan fingerprint density at radius 1 is 1.18 bits per heavy atom. The summed E-state index contributed by atoms with van der Waals surface area (Å²) in [5.74, 6) is -0.602. The average molecular weight is 573 g/mol. The van der Waals surface area contributed by atoms with Gasteiger partial charge in [-0.25, -0.2) is 0 Å². The summed E-state index contributed by atoms with van der Waals surface area (Å²) in [4.78, 5) is 39.0.